The highest BCUT2D eigenvalue weighted by atomic mass is 15.3. The van der Waals surface area contributed by atoms with Crippen LogP contribution in [-0.2, 0) is 6.42 Å². The van der Waals surface area contributed by atoms with E-state index in [1.807, 2.05) is 0 Å². The average molecular weight is 408 g/mol. The largest absolute Gasteiger partial charge is 0.348 e. The molecule has 0 N–H and O–H groups in total. The average Bonchev–Trinajstić information content (AvgIpc) is 3.46. The van der Waals surface area contributed by atoms with E-state index in [-0.39, 0.29) is 6.04 Å². The van der Waals surface area contributed by atoms with Crippen LogP contribution in [0.15, 0.2) is 65.8 Å². The smallest absolute Gasteiger partial charge is 0.159 e. The molecule has 0 radical (unpaired) electrons. The van der Waals surface area contributed by atoms with Crippen LogP contribution in [0.2, 0.25) is 0 Å². The second kappa shape index (κ2) is 6.53. The van der Waals surface area contributed by atoms with Gasteiger partial charge in [-0.25, -0.2) is 0 Å². The first kappa shape index (κ1) is 18.8. The lowest BCUT2D eigenvalue weighted by molar-refractivity contribution is 0.615. The first-order chi connectivity index (χ1) is 15.0. The summed E-state index contributed by atoms with van der Waals surface area (Å²) < 4.78 is 0. The second-order valence-electron chi connectivity index (χ2n) is 9.88. The van der Waals surface area contributed by atoms with Crippen LogP contribution in [0.25, 0.3) is 16.3 Å². The van der Waals surface area contributed by atoms with E-state index in [9.17, 15) is 0 Å². The third-order valence-corrected chi connectivity index (χ3v) is 7.91. The molecule has 0 saturated heterocycles. The van der Waals surface area contributed by atoms with Crippen molar-refractivity contribution in [2.24, 2.45) is 11.3 Å². The maximum absolute atomic E-state index is 4.88. The van der Waals surface area contributed by atoms with Crippen LogP contribution in [0.1, 0.15) is 57.0 Å². The number of anilines is 1. The highest BCUT2D eigenvalue weighted by Gasteiger charge is 2.52. The highest BCUT2D eigenvalue weighted by Crippen LogP contribution is 2.62. The fourth-order valence-electron chi connectivity index (χ4n) is 6.16. The topological polar surface area (TPSA) is 29.0 Å². The van der Waals surface area contributed by atoms with Crippen molar-refractivity contribution < 1.29 is 0 Å². The maximum Gasteiger partial charge on any atom is 0.159 e. The summed E-state index contributed by atoms with van der Waals surface area (Å²) in [5, 5.41) is 12.2. The van der Waals surface area contributed by atoms with Gasteiger partial charge in [0, 0.05) is 22.9 Å². The van der Waals surface area contributed by atoms with Crippen molar-refractivity contribution in [3.63, 3.8) is 0 Å². The van der Waals surface area contributed by atoms with E-state index in [4.69, 9.17) is 10.2 Å². The summed E-state index contributed by atoms with van der Waals surface area (Å²) in [4.78, 5) is 2.43. The Morgan fingerprint density at radius 1 is 0.968 bits per heavy atom. The Kier molecular flexibility index (Phi) is 3.96. The number of rotatable bonds is 2. The maximum atomic E-state index is 4.88. The molecule has 156 valence electrons. The number of aromatic nitrogens is 2. The van der Waals surface area contributed by atoms with Crippen LogP contribution in [0, 0.1) is 11.3 Å². The fraction of sp³-hybridized carbons (Fsp3) is 0.357. The van der Waals surface area contributed by atoms with Crippen molar-refractivity contribution in [2.75, 3.05) is 11.4 Å². The van der Waals surface area contributed by atoms with Gasteiger partial charge >= 0.3 is 0 Å². The molecule has 0 bridgehead atoms. The normalized spacial score (nSPS) is 27.1. The van der Waals surface area contributed by atoms with Crippen molar-refractivity contribution in [1.82, 2.24) is 10.2 Å². The van der Waals surface area contributed by atoms with Crippen molar-refractivity contribution in [2.45, 2.75) is 46.6 Å². The molecule has 3 nitrogen and oxygen atoms in total. The number of fused-ring (bicyclic) bond motifs is 3. The molecular weight excluding hydrogens is 378 g/mol. The fourth-order valence-corrected chi connectivity index (χ4v) is 6.16. The SMILES string of the molecule is CC1=CC2(C)CC2C(C)=C1c1nnc(N2CCc3ccccc3C2C)c2ccccc12. The predicted octanol–water partition coefficient (Wildman–Crippen LogP) is 6.51. The molecule has 6 rings (SSSR count). The van der Waals surface area contributed by atoms with Crippen LogP contribution in [-0.4, -0.2) is 16.7 Å². The Hall–Kier alpha value is -2.94. The lowest BCUT2D eigenvalue weighted by atomic mass is 9.84. The van der Waals surface area contributed by atoms with E-state index >= 15 is 0 Å². The van der Waals surface area contributed by atoms with Crippen LogP contribution in [0.4, 0.5) is 5.82 Å². The molecule has 3 unspecified atom stereocenters. The molecule has 3 aromatic rings. The van der Waals surface area contributed by atoms with Crippen molar-refractivity contribution in [3.05, 3.63) is 82.6 Å². The summed E-state index contributed by atoms with van der Waals surface area (Å²) in [6.45, 7) is 10.2. The number of allylic oxidation sites excluding steroid dienone is 4. The zero-order valence-corrected chi connectivity index (χ0v) is 18.8. The molecule has 3 aliphatic rings. The Morgan fingerprint density at radius 3 is 2.55 bits per heavy atom. The quantitative estimate of drug-likeness (QED) is 0.485. The lowest BCUT2D eigenvalue weighted by Gasteiger charge is -2.36. The van der Waals surface area contributed by atoms with Crippen LogP contribution < -0.4 is 4.90 Å². The van der Waals surface area contributed by atoms with Crippen LogP contribution >= 0.6 is 0 Å². The van der Waals surface area contributed by atoms with Gasteiger partial charge in [0.15, 0.2) is 5.82 Å². The number of hydrogen-bond donors (Lipinski definition) is 0. The molecule has 1 aromatic heterocycles. The van der Waals surface area contributed by atoms with E-state index in [2.05, 4.69) is 87.2 Å². The van der Waals surface area contributed by atoms with Crippen LogP contribution in [0.3, 0.4) is 0 Å². The molecular formula is C28H29N3. The lowest BCUT2D eigenvalue weighted by Crippen LogP contribution is -2.35. The molecule has 2 aromatic carbocycles. The monoisotopic (exact) mass is 407 g/mol. The van der Waals surface area contributed by atoms with Gasteiger partial charge in [-0.1, -0.05) is 67.1 Å². The number of hydrogen-bond acceptors (Lipinski definition) is 3. The molecule has 1 aliphatic heterocycles. The summed E-state index contributed by atoms with van der Waals surface area (Å²) in [5.74, 6) is 1.67. The van der Waals surface area contributed by atoms with E-state index < -0.39 is 0 Å². The zero-order chi connectivity index (χ0) is 21.3. The summed E-state index contributed by atoms with van der Waals surface area (Å²) in [7, 11) is 0. The van der Waals surface area contributed by atoms with Crippen LogP contribution in [0.5, 0.6) is 0 Å². The van der Waals surface area contributed by atoms with Gasteiger partial charge in [0.05, 0.1) is 6.04 Å². The number of nitrogens with zero attached hydrogens (tertiary/aromatic N) is 3. The minimum Gasteiger partial charge on any atom is -0.348 e. The zero-order valence-electron chi connectivity index (χ0n) is 18.8. The standard InChI is InChI=1S/C28H29N3/c1-17-15-28(4)16-24(28)18(2)25(17)26-22-11-7-8-12-23(22)27(30-29-26)31-14-13-20-9-5-6-10-21(20)19(31)3/h5-12,15,19,24H,13-14,16H2,1-4H3. The highest BCUT2D eigenvalue weighted by molar-refractivity contribution is 6.01. The van der Waals surface area contributed by atoms with Crippen molar-refractivity contribution in [3.8, 4) is 0 Å². The van der Waals surface area contributed by atoms with Crippen molar-refractivity contribution in [1.29, 1.82) is 0 Å². The minimum absolute atomic E-state index is 0.290. The Bertz CT molecular complexity index is 1280. The summed E-state index contributed by atoms with van der Waals surface area (Å²) in [5.41, 5.74) is 8.41. The molecule has 2 aliphatic carbocycles. The molecule has 31 heavy (non-hydrogen) atoms. The van der Waals surface area contributed by atoms with Gasteiger partial charge in [0.2, 0.25) is 0 Å². The van der Waals surface area contributed by atoms with E-state index in [0.29, 0.717) is 11.3 Å². The van der Waals surface area contributed by atoms with Gasteiger partial charge in [-0.15, -0.1) is 10.2 Å². The Labute approximate surface area is 184 Å². The molecule has 0 amide bonds. The first-order valence-electron chi connectivity index (χ1n) is 11.5. The van der Waals surface area contributed by atoms with E-state index in [0.717, 1.165) is 24.5 Å². The molecule has 1 fully saturated rings. The number of benzene rings is 2. The summed E-state index contributed by atoms with van der Waals surface area (Å²) in [6, 6.07) is 17.8. The van der Waals surface area contributed by atoms with E-state index in [1.165, 1.54) is 45.0 Å². The summed E-state index contributed by atoms with van der Waals surface area (Å²) in [6.07, 6.45) is 4.77. The summed E-state index contributed by atoms with van der Waals surface area (Å²) >= 11 is 0. The Balaban J connectivity index is 1.50. The first-order valence-corrected chi connectivity index (χ1v) is 11.5. The minimum atomic E-state index is 0.290. The van der Waals surface area contributed by atoms with Gasteiger partial charge in [0.25, 0.3) is 0 Å². The van der Waals surface area contributed by atoms with Crippen molar-refractivity contribution >= 4 is 22.2 Å². The second-order valence-corrected chi connectivity index (χ2v) is 9.88. The third kappa shape index (κ3) is 2.72. The molecule has 2 heterocycles. The molecule has 1 saturated carbocycles. The molecule has 0 spiro atoms. The predicted molar refractivity (Wildman–Crippen MR) is 128 cm³/mol. The van der Waals surface area contributed by atoms with Gasteiger partial charge in [0.1, 0.15) is 5.69 Å². The third-order valence-electron chi connectivity index (χ3n) is 7.91. The molecule has 3 heteroatoms. The van der Waals surface area contributed by atoms with Gasteiger partial charge in [-0.05, 0) is 61.6 Å². The Morgan fingerprint density at radius 2 is 1.71 bits per heavy atom. The van der Waals surface area contributed by atoms with Gasteiger partial charge < -0.3 is 4.90 Å². The molecule has 3 atom stereocenters. The van der Waals surface area contributed by atoms with Gasteiger partial charge in [-0.2, -0.15) is 0 Å². The van der Waals surface area contributed by atoms with Gasteiger partial charge in [-0.3, -0.25) is 0 Å². The van der Waals surface area contributed by atoms with E-state index in [1.54, 1.807) is 0 Å².